The Hall–Kier alpha value is -2.87. The molecule has 8 heteroatoms. The lowest BCUT2D eigenvalue weighted by molar-refractivity contribution is -0.116. The molecule has 1 fully saturated rings. The number of nitrogens with one attached hydrogen (secondary N) is 1. The smallest absolute Gasteiger partial charge is 0.251 e. The molecule has 0 aromatic heterocycles. The van der Waals surface area contributed by atoms with Crippen LogP contribution in [0.1, 0.15) is 40.7 Å². The Kier molecular flexibility index (Phi) is 9.22. The molecule has 5 rings (SSSR count). The molecule has 0 spiro atoms. The predicted octanol–water partition coefficient (Wildman–Crippen LogP) is 6.19. The van der Waals surface area contributed by atoms with Gasteiger partial charge < -0.3 is 15.1 Å². The molecule has 0 saturated carbocycles. The first-order valence-corrected chi connectivity index (χ1v) is 14.9. The maximum Gasteiger partial charge on any atom is 0.251 e. The van der Waals surface area contributed by atoms with E-state index in [-0.39, 0.29) is 34.7 Å². The third-order valence-electron chi connectivity index (χ3n) is 7.55. The lowest BCUT2D eigenvalue weighted by Gasteiger charge is -2.32. The van der Waals surface area contributed by atoms with Gasteiger partial charge in [-0.05, 0) is 87.1 Å². The zero-order valence-electron chi connectivity index (χ0n) is 21.9. The number of nitrogens with zero attached hydrogens (tertiary/aromatic N) is 2. The molecular formula is C31H33ClFN3O2S. The Bertz CT molecular complexity index is 1290. The van der Waals surface area contributed by atoms with Gasteiger partial charge in [0.25, 0.3) is 5.91 Å². The van der Waals surface area contributed by atoms with E-state index in [9.17, 15) is 14.0 Å². The van der Waals surface area contributed by atoms with Gasteiger partial charge in [-0.2, -0.15) is 0 Å². The summed E-state index contributed by atoms with van der Waals surface area (Å²) >= 11 is 7.64. The highest BCUT2D eigenvalue weighted by atomic mass is 35.5. The van der Waals surface area contributed by atoms with Crippen molar-refractivity contribution in [1.82, 2.24) is 10.2 Å². The lowest BCUT2D eigenvalue weighted by Crippen LogP contribution is -2.37. The van der Waals surface area contributed by atoms with Crippen LogP contribution in [-0.2, 0) is 17.8 Å². The minimum Gasteiger partial charge on any atom is -0.352 e. The van der Waals surface area contributed by atoms with E-state index >= 15 is 0 Å². The molecule has 0 radical (unpaired) electrons. The first kappa shape index (κ1) is 27.7. The van der Waals surface area contributed by atoms with E-state index in [4.69, 9.17) is 11.6 Å². The summed E-state index contributed by atoms with van der Waals surface area (Å²) in [5.74, 6) is 0.229. The highest BCUT2D eigenvalue weighted by Gasteiger charge is 2.27. The van der Waals surface area contributed by atoms with Crippen molar-refractivity contribution in [1.29, 1.82) is 0 Å². The minimum atomic E-state index is -0.454. The van der Waals surface area contributed by atoms with E-state index in [1.807, 2.05) is 6.07 Å². The number of hydrogen-bond acceptors (Lipinski definition) is 4. The van der Waals surface area contributed by atoms with Crippen LogP contribution >= 0.6 is 23.4 Å². The van der Waals surface area contributed by atoms with Crippen molar-refractivity contribution in [2.24, 2.45) is 5.92 Å². The zero-order valence-corrected chi connectivity index (χ0v) is 23.4. The molecule has 0 unspecified atom stereocenters. The fourth-order valence-corrected chi connectivity index (χ4v) is 6.47. The number of likely N-dealkylation sites (tertiary alicyclic amines) is 1. The van der Waals surface area contributed by atoms with Gasteiger partial charge >= 0.3 is 0 Å². The number of fused-ring (bicyclic) bond motifs is 1. The van der Waals surface area contributed by atoms with Gasteiger partial charge in [0.15, 0.2) is 0 Å². The van der Waals surface area contributed by atoms with E-state index in [2.05, 4.69) is 40.5 Å². The Labute approximate surface area is 238 Å². The maximum atomic E-state index is 14.4. The van der Waals surface area contributed by atoms with Crippen molar-refractivity contribution in [3.63, 3.8) is 0 Å². The maximum absolute atomic E-state index is 14.4. The number of anilines is 1. The summed E-state index contributed by atoms with van der Waals surface area (Å²) in [7, 11) is 0. The topological polar surface area (TPSA) is 52.7 Å². The number of piperidine rings is 1. The molecule has 0 bridgehead atoms. The highest BCUT2D eigenvalue weighted by molar-refractivity contribution is 8.00. The number of amides is 2. The molecule has 3 aromatic rings. The van der Waals surface area contributed by atoms with Crippen molar-refractivity contribution in [2.75, 3.05) is 36.8 Å². The number of halogens is 2. The van der Waals surface area contributed by atoms with Gasteiger partial charge in [-0.3, -0.25) is 9.59 Å². The first-order chi connectivity index (χ1) is 19.0. The van der Waals surface area contributed by atoms with Crippen molar-refractivity contribution in [3.8, 4) is 0 Å². The monoisotopic (exact) mass is 565 g/mol. The Morgan fingerprint density at radius 2 is 1.85 bits per heavy atom. The molecule has 2 aliphatic rings. The van der Waals surface area contributed by atoms with Gasteiger partial charge in [-0.25, -0.2) is 4.39 Å². The Morgan fingerprint density at radius 3 is 2.62 bits per heavy atom. The molecular weight excluding hydrogens is 533 g/mol. The summed E-state index contributed by atoms with van der Waals surface area (Å²) in [6.45, 7) is 3.77. The highest BCUT2D eigenvalue weighted by Crippen LogP contribution is 2.37. The Morgan fingerprint density at radius 1 is 1.05 bits per heavy atom. The van der Waals surface area contributed by atoms with Crippen molar-refractivity contribution in [3.05, 3.63) is 94.3 Å². The molecule has 3 aromatic carbocycles. The molecule has 204 valence electrons. The third-order valence-corrected chi connectivity index (χ3v) is 8.95. The van der Waals surface area contributed by atoms with E-state index in [1.54, 1.807) is 24.3 Å². The zero-order chi connectivity index (χ0) is 27.2. The standard InChI is InChI=1S/C31H33ClFN3O2S/c32-26-8-4-9-27(33)25(26)20-36-28-19-24(10-11-29(28)39-21-30(36)37)31(38)34-14-5-15-35-16-12-23(13-17-35)18-22-6-2-1-3-7-22/h1-4,6-11,19,23H,5,12-18,20-21H2,(H,34,38). The van der Waals surface area contributed by atoms with Crippen LogP contribution in [0.4, 0.5) is 10.1 Å². The van der Waals surface area contributed by atoms with Crippen LogP contribution in [-0.4, -0.2) is 48.6 Å². The molecule has 2 heterocycles. The number of hydrogen-bond donors (Lipinski definition) is 1. The van der Waals surface area contributed by atoms with Gasteiger partial charge in [0.1, 0.15) is 5.82 Å². The van der Waals surface area contributed by atoms with Gasteiger partial charge in [0.05, 0.1) is 18.0 Å². The second-order valence-electron chi connectivity index (χ2n) is 10.2. The fourth-order valence-electron chi connectivity index (χ4n) is 5.33. The summed E-state index contributed by atoms with van der Waals surface area (Å²) < 4.78 is 14.4. The van der Waals surface area contributed by atoms with E-state index < -0.39 is 5.82 Å². The second kappa shape index (κ2) is 13.0. The molecule has 0 atom stereocenters. The van der Waals surface area contributed by atoms with Crippen LogP contribution < -0.4 is 10.2 Å². The van der Waals surface area contributed by atoms with Crippen LogP contribution in [0, 0.1) is 11.7 Å². The number of carbonyl (C=O) groups excluding carboxylic acids is 2. The van der Waals surface area contributed by atoms with E-state index in [0.29, 0.717) is 17.8 Å². The molecule has 39 heavy (non-hydrogen) atoms. The molecule has 0 aliphatic carbocycles. The lowest BCUT2D eigenvalue weighted by atomic mass is 9.90. The SMILES string of the molecule is O=C(NCCCN1CCC(Cc2ccccc2)CC1)c1ccc2c(c1)N(Cc1c(F)cccc1Cl)C(=O)CS2. The number of thioether (sulfide) groups is 1. The number of rotatable bonds is 9. The van der Waals surface area contributed by atoms with Gasteiger partial charge in [0.2, 0.25) is 5.91 Å². The third kappa shape index (κ3) is 7.02. The van der Waals surface area contributed by atoms with Crippen LogP contribution in [0.25, 0.3) is 0 Å². The van der Waals surface area contributed by atoms with Gasteiger partial charge in [-0.15, -0.1) is 11.8 Å². The van der Waals surface area contributed by atoms with Crippen molar-refractivity contribution in [2.45, 2.75) is 37.1 Å². The molecule has 1 saturated heterocycles. The number of benzene rings is 3. The summed E-state index contributed by atoms with van der Waals surface area (Å²) in [4.78, 5) is 30.6. The quantitative estimate of drug-likeness (QED) is 0.314. The molecule has 1 N–H and O–H groups in total. The van der Waals surface area contributed by atoms with Crippen molar-refractivity contribution >= 4 is 40.9 Å². The molecule has 2 amide bonds. The normalized spacial score (nSPS) is 16.3. The second-order valence-corrected chi connectivity index (χ2v) is 11.7. The Balaban J connectivity index is 1.12. The average molecular weight is 566 g/mol. The molecule has 5 nitrogen and oxygen atoms in total. The predicted molar refractivity (Wildman–Crippen MR) is 156 cm³/mol. The summed E-state index contributed by atoms with van der Waals surface area (Å²) in [6, 6.07) is 20.6. The van der Waals surface area contributed by atoms with Crippen molar-refractivity contribution < 1.29 is 14.0 Å². The van der Waals surface area contributed by atoms with Crippen LogP contribution in [0.3, 0.4) is 0 Å². The van der Waals surface area contributed by atoms with Crippen LogP contribution in [0.5, 0.6) is 0 Å². The summed E-state index contributed by atoms with van der Waals surface area (Å²) in [6.07, 6.45) is 4.45. The fraction of sp³-hybridized carbons (Fsp3) is 0.355. The average Bonchev–Trinajstić information content (AvgIpc) is 2.95. The largest absolute Gasteiger partial charge is 0.352 e. The molecule has 2 aliphatic heterocycles. The van der Waals surface area contributed by atoms with Crippen LogP contribution in [0.15, 0.2) is 71.6 Å². The first-order valence-electron chi connectivity index (χ1n) is 13.5. The minimum absolute atomic E-state index is 0.0189. The summed E-state index contributed by atoms with van der Waals surface area (Å²) in [5, 5.41) is 3.30. The van der Waals surface area contributed by atoms with E-state index in [0.717, 1.165) is 43.3 Å². The number of carbonyl (C=O) groups is 2. The van der Waals surface area contributed by atoms with E-state index in [1.165, 1.54) is 41.1 Å². The van der Waals surface area contributed by atoms with Crippen LogP contribution in [0.2, 0.25) is 5.02 Å². The van der Waals surface area contributed by atoms with Gasteiger partial charge in [0, 0.05) is 27.6 Å². The van der Waals surface area contributed by atoms with Gasteiger partial charge in [-0.1, -0.05) is 48.0 Å². The summed E-state index contributed by atoms with van der Waals surface area (Å²) in [5.41, 5.74) is 2.78.